The highest BCUT2D eigenvalue weighted by Crippen LogP contribution is 2.67. The summed E-state index contributed by atoms with van der Waals surface area (Å²) in [6, 6.07) is 0. The van der Waals surface area contributed by atoms with Crippen LogP contribution in [0, 0.1) is 35.5 Å². The smallest absolute Gasteiger partial charge is 0.254 e. The van der Waals surface area contributed by atoms with E-state index in [1.54, 1.807) is 0 Å². The van der Waals surface area contributed by atoms with Crippen molar-refractivity contribution in [1.29, 1.82) is 0 Å². The molecule has 2 aromatic rings. The number of anilines is 1. The molecule has 3 atom stereocenters. The van der Waals surface area contributed by atoms with Gasteiger partial charge < -0.3 is 10.8 Å². The summed E-state index contributed by atoms with van der Waals surface area (Å²) in [7, 11) is 0. The van der Waals surface area contributed by atoms with Crippen molar-refractivity contribution < 1.29 is 5.11 Å². The molecule has 2 aromatic heterocycles. The minimum Gasteiger partial charge on any atom is -0.382 e. The Hall–Kier alpha value is -2.13. The Bertz CT molecular complexity index is 898. The van der Waals surface area contributed by atoms with Gasteiger partial charge in [0.15, 0.2) is 0 Å². The van der Waals surface area contributed by atoms with Crippen molar-refractivity contribution in [1.82, 2.24) is 19.6 Å². The molecule has 2 fully saturated rings. The molecule has 2 aliphatic rings. The van der Waals surface area contributed by atoms with Crippen LogP contribution in [-0.2, 0) is 0 Å². The summed E-state index contributed by atoms with van der Waals surface area (Å²) in [5.41, 5.74) is 6.09. The number of aliphatic hydroxyl groups is 1. The second-order valence-electron chi connectivity index (χ2n) is 8.11. The third-order valence-corrected chi connectivity index (χ3v) is 6.58. The lowest BCUT2D eigenvalue weighted by atomic mass is 9.60. The van der Waals surface area contributed by atoms with Crippen LogP contribution in [0.2, 0.25) is 0 Å². The van der Waals surface area contributed by atoms with Gasteiger partial charge in [-0.1, -0.05) is 32.6 Å². The molecule has 4 rings (SSSR count). The Morgan fingerprint density at radius 3 is 2.79 bits per heavy atom. The van der Waals surface area contributed by atoms with Gasteiger partial charge in [-0.05, 0) is 32.1 Å². The maximum absolute atomic E-state index is 11.5. The molecular formula is C18H23N5O. The summed E-state index contributed by atoms with van der Waals surface area (Å²) < 4.78 is 1.48. The Kier molecular flexibility index (Phi) is 2.88. The molecule has 0 aliphatic heterocycles. The molecule has 0 amide bonds. The standard InChI is InChI=1S/C18H23N5O/c1-11-13(14(19)23-15(22-11)20-10-21-23)6-8-18(24)16(2,3)12-5-7-17(18,4)9-12/h10,12,24H,5,7,9,19H2,1-4H3/t12-,17+,18-/m0/s1. The summed E-state index contributed by atoms with van der Waals surface area (Å²) in [4.78, 5) is 8.45. The Balaban J connectivity index is 1.85. The second kappa shape index (κ2) is 4.48. The van der Waals surface area contributed by atoms with E-state index in [9.17, 15) is 5.11 Å². The molecule has 0 saturated heterocycles. The van der Waals surface area contributed by atoms with Gasteiger partial charge in [0.05, 0.1) is 11.3 Å². The van der Waals surface area contributed by atoms with Crippen molar-refractivity contribution in [3.05, 3.63) is 17.6 Å². The van der Waals surface area contributed by atoms with Gasteiger partial charge in [-0.3, -0.25) is 0 Å². The number of aromatic nitrogens is 4. The van der Waals surface area contributed by atoms with E-state index in [2.05, 4.69) is 47.7 Å². The fourth-order valence-corrected chi connectivity index (χ4v) is 4.86. The first kappa shape index (κ1) is 15.4. The number of nitrogens with zero attached hydrogens (tertiary/aromatic N) is 4. The number of nitrogen functional groups attached to an aromatic ring is 1. The van der Waals surface area contributed by atoms with Gasteiger partial charge in [0, 0.05) is 10.8 Å². The molecule has 6 heteroatoms. The van der Waals surface area contributed by atoms with E-state index < -0.39 is 5.60 Å². The number of nitrogens with two attached hydrogens (primary N) is 1. The van der Waals surface area contributed by atoms with E-state index in [0.29, 0.717) is 28.8 Å². The highest BCUT2D eigenvalue weighted by molar-refractivity contribution is 5.58. The highest BCUT2D eigenvalue weighted by Gasteiger charge is 2.68. The van der Waals surface area contributed by atoms with E-state index in [4.69, 9.17) is 5.73 Å². The zero-order valence-electron chi connectivity index (χ0n) is 14.6. The van der Waals surface area contributed by atoms with Gasteiger partial charge in [-0.2, -0.15) is 14.6 Å². The van der Waals surface area contributed by atoms with Crippen molar-refractivity contribution in [2.75, 3.05) is 5.73 Å². The Morgan fingerprint density at radius 1 is 1.38 bits per heavy atom. The number of hydrogen-bond donors (Lipinski definition) is 2. The summed E-state index contributed by atoms with van der Waals surface area (Å²) in [6.45, 7) is 8.27. The molecule has 2 aliphatic carbocycles. The highest BCUT2D eigenvalue weighted by atomic mass is 16.3. The largest absolute Gasteiger partial charge is 0.382 e. The van der Waals surface area contributed by atoms with E-state index in [0.717, 1.165) is 12.8 Å². The average Bonchev–Trinajstić information content (AvgIpc) is 3.16. The molecule has 0 spiro atoms. The predicted octanol–water partition coefficient (Wildman–Crippen LogP) is 1.94. The lowest BCUT2D eigenvalue weighted by Gasteiger charge is -2.47. The molecule has 3 N–H and O–H groups in total. The summed E-state index contributed by atoms with van der Waals surface area (Å²) >= 11 is 0. The van der Waals surface area contributed by atoms with Crippen LogP contribution in [0.3, 0.4) is 0 Å². The van der Waals surface area contributed by atoms with Crippen LogP contribution < -0.4 is 5.73 Å². The van der Waals surface area contributed by atoms with E-state index >= 15 is 0 Å². The summed E-state index contributed by atoms with van der Waals surface area (Å²) in [5.74, 6) is 7.72. The van der Waals surface area contributed by atoms with Gasteiger partial charge in [-0.25, -0.2) is 4.98 Å². The zero-order valence-corrected chi connectivity index (χ0v) is 14.6. The monoisotopic (exact) mass is 325 g/mol. The molecular weight excluding hydrogens is 302 g/mol. The molecule has 2 saturated carbocycles. The number of fused-ring (bicyclic) bond motifs is 3. The minimum atomic E-state index is -1.03. The Morgan fingerprint density at radius 2 is 2.12 bits per heavy atom. The normalized spacial score (nSPS) is 33.6. The second-order valence-corrected chi connectivity index (χ2v) is 8.11. The zero-order chi connectivity index (χ0) is 17.3. The topological polar surface area (TPSA) is 89.3 Å². The fourth-order valence-electron chi connectivity index (χ4n) is 4.86. The first-order valence-electron chi connectivity index (χ1n) is 8.41. The minimum absolute atomic E-state index is 0.165. The van der Waals surface area contributed by atoms with Crippen LogP contribution in [0.25, 0.3) is 5.78 Å². The lowest BCUT2D eigenvalue weighted by Crippen LogP contribution is -2.53. The van der Waals surface area contributed by atoms with Gasteiger partial charge in [0.1, 0.15) is 17.7 Å². The molecule has 2 heterocycles. The van der Waals surface area contributed by atoms with Crippen molar-refractivity contribution >= 4 is 11.6 Å². The maximum atomic E-state index is 11.5. The van der Waals surface area contributed by atoms with E-state index in [-0.39, 0.29) is 10.8 Å². The SMILES string of the molecule is Cc1nc2ncnn2c(N)c1C#C[C@]1(O)C(C)(C)[C@H]2CC[C@]1(C)C2. The van der Waals surface area contributed by atoms with Gasteiger partial charge in [-0.15, -0.1) is 0 Å². The first-order chi connectivity index (χ1) is 11.2. The lowest BCUT2D eigenvalue weighted by molar-refractivity contribution is -0.0953. The summed E-state index contributed by atoms with van der Waals surface area (Å²) in [6.07, 6.45) is 4.63. The van der Waals surface area contributed by atoms with Crippen LogP contribution >= 0.6 is 0 Å². The average molecular weight is 325 g/mol. The van der Waals surface area contributed by atoms with Crippen molar-refractivity contribution in [3.63, 3.8) is 0 Å². The van der Waals surface area contributed by atoms with E-state index in [1.807, 2.05) is 6.92 Å². The molecule has 126 valence electrons. The number of hydrogen-bond acceptors (Lipinski definition) is 5. The third kappa shape index (κ3) is 1.68. The molecule has 0 unspecified atom stereocenters. The fraction of sp³-hybridized carbons (Fsp3) is 0.611. The van der Waals surface area contributed by atoms with Gasteiger partial charge >= 0.3 is 0 Å². The number of rotatable bonds is 0. The molecule has 0 aromatic carbocycles. The quantitative estimate of drug-likeness (QED) is 0.723. The first-order valence-corrected chi connectivity index (χ1v) is 8.41. The Labute approximate surface area is 141 Å². The predicted molar refractivity (Wildman–Crippen MR) is 91.0 cm³/mol. The van der Waals surface area contributed by atoms with Gasteiger partial charge in [0.2, 0.25) is 0 Å². The van der Waals surface area contributed by atoms with Crippen LogP contribution in [0.15, 0.2) is 6.33 Å². The molecule has 2 bridgehead atoms. The maximum Gasteiger partial charge on any atom is 0.254 e. The molecule has 0 radical (unpaired) electrons. The van der Waals surface area contributed by atoms with E-state index in [1.165, 1.54) is 17.3 Å². The van der Waals surface area contributed by atoms with Crippen LogP contribution in [0.5, 0.6) is 0 Å². The van der Waals surface area contributed by atoms with Crippen LogP contribution in [0.4, 0.5) is 5.82 Å². The van der Waals surface area contributed by atoms with Crippen LogP contribution in [-0.4, -0.2) is 30.3 Å². The van der Waals surface area contributed by atoms with Crippen molar-refractivity contribution in [3.8, 4) is 11.8 Å². The van der Waals surface area contributed by atoms with Gasteiger partial charge in [0.25, 0.3) is 5.78 Å². The summed E-state index contributed by atoms with van der Waals surface area (Å²) in [5, 5.41) is 15.6. The molecule has 6 nitrogen and oxygen atoms in total. The number of aryl methyl sites for hydroxylation is 1. The van der Waals surface area contributed by atoms with Crippen molar-refractivity contribution in [2.45, 2.75) is 52.6 Å². The van der Waals surface area contributed by atoms with Crippen molar-refractivity contribution in [2.24, 2.45) is 16.7 Å². The third-order valence-electron chi connectivity index (χ3n) is 6.58. The van der Waals surface area contributed by atoms with Crippen LogP contribution in [0.1, 0.15) is 51.3 Å². The molecule has 24 heavy (non-hydrogen) atoms.